The minimum Gasteiger partial charge on any atom is -0.368 e. The number of hydrogen-bond acceptors (Lipinski definition) is 3. The van der Waals surface area contributed by atoms with Crippen molar-refractivity contribution in [3.63, 3.8) is 0 Å². The largest absolute Gasteiger partial charge is 0.368 e. The lowest BCUT2D eigenvalue weighted by molar-refractivity contribution is -0.119. The summed E-state index contributed by atoms with van der Waals surface area (Å²) in [4.78, 5) is 23.8. The van der Waals surface area contributed by atoms with E-state index in [1.807, 2.05) is 6.07 Å². The van der Waals surface area contributed by atoms with E-state index in [0.717, 1.165) is 5.56 Å². The van der Waals surface area contributed by atoms with Crippen LogP contribution >= 0.6 is 11.6 Å². The number of carbonyl (C=O) groups is 2. The maximum atomic E-state index is 12.2. The molecule has 0 unspecified atom stereocenters. The molecule has 3 N–H and O–H groups in total. The molecular weight excluding hydrogens is 314 g/mol. The Labute approximate surface area is 138 Å². The van der Waals surface area contributed by atoms with Gasteiger partial charge in [0.1, 0.15) is 6.04 Å². The monoisotopic (exact) mass is 327 g/mol. The Kier molecular flexibility index (Phi) is 5.34. The van der Waals surface area contributed by atoms with E-state index in [-0.39, 0.29) is 6.42 Å². The normalized spacial score (nSPS) is 11.3. The zero-order valence-corrected chi connectivity index (χ0v) is 12.9. The fourth-order valence-corrected chi connectivity index (χ4v) is 2.27. The lowest BCUT2D eigenvalue weighted by Crippen LogP contribution is -2.45. The van der Waals surface area contributed by atoms with Crippen molar-refractivity contribution in [2.75, 3.05) is 0 Å². The van der Waals surface area contributed by atoms with Crippen molar-refractivity contribution in [2.24, 2.45) is 5.73 Å². The minimum atomic E-state index is -0.850. The number of amides is 2. The van der Waals surface area contributed by atoms with E-state index in [9.17, 15) is 9.59 Å². The van der Waals surface area contributed by atoms with Gasteiger partial charge in [0.05, 0.1) is 11.6 Å². The predicted molar refractivity (Wildman–Crippen MR) is 86.8 cm³/mol. The molecule has 1 atom stereocenters. The summed E-state index contributed by atoms with van der Waals surface area (Å²) in [6.07, 6.45) is 0.248. The third-order valence-electron chi connectivity index (χ3n) is 3.25. The van der Waals surface area contributed by atoms with Crippen LogP contribution in [0.4, 0.5) is 0 Å². The smallest absolute Gasteiger partial charge is 0.251 e. The van der Waals surface area contributed by atoms with E-state index in [2.05, 4.69) is 5.32 Å². The zero-order valence-electron chi connectivity index (χ0n) is 12.1. The van der Waals surface area contributed by atoms with Crippen molar-refractivity contribution in [2.45, 2.75) is 12.5 Å². The van der Waals surface area contributed by atoms with Crippen molar-refractivity contribution in [3.8, 4) is 6.07 Å². The first-order valence-electron chi connectivity index (χ1n) is 6.84. The molecule has 2 amide bonds. The highest BCUT2D eigenvalue weighted by Crippen LogP contribution is 2.13. The van der Waals surface area contributed by atoms with Gasteiger partial charge in [-0.15, -0.1) is 0 Å². The number of nitriles is 1. The van der Waals surface area contributed by atoms with Crippen molar-refractivity contribution in [1.29, 1.82) is 5.26 Å². The highest BCUT2D eigenvalue weighted by molar-refractivity contribution is 6.30. The highest BCUT2D eigenvalue weighted by Gasteiger charge is 2.19. The molecule has 0 saturated heterocycles. The number of halogens is 1. The van der Waals surface area contributed by atoms with Gasteiger partial charge in [-0.05, 0) is 42.0 Å². The fourth-order valence-electron chi connectivity index (χ4n) is 2.06. The molecule has 0 radical (unpaired) electrons. The van der Waals surface area contributed by atoms with Crippen LogP contribution < -0.4 is 11.1 Å². The standard InChI is InChI=1S/C17H14ClN3O2/c18-14-3-1-2-12(8-14)9-15(16(20)22)21-17(23)13-6-4-11(10-19)5-7-13/h1-8,15H,9H2,(H2,20,22)(H,21,23)/t15-/m0/s1. The number of nitrogens with two attached hydrogens (primary N) is 1. The molecule has 0 saturated carbocycles. The van der Waals surface area contributed by atoms with Crippen LogP contribution in [0.5, 0.6) is 0 Å². The minimum absolute atomic E-state index is 0.248. The maximum absolute atomic E-state index is 12.2. The van der Waals surface area contributed by atoms with Gasteiger partial charge in [0.25, 0.3) is 5.91 Å². The fraction of sp³-hybridized carbons (Fsp3) is 0.118. The van der Waals surface area contributed by atoms with Crippen molar-refractivity contribution < 1.29 is 9.59 Å². The summed E-state index contributed by atoms with van der Waals surface area (Å²) in [5.41, 5.74) is 6.96. The summed E-state index contributed by atoms with van der Waals surface area (Å²) in [6, 6.07) is 14.2. The molecule has 2 aromatic carbocycles. The molecule has 0 spiro atoms. The number of benzene rings is 2. The summed E-state index contributed by atoms with van der Waals surface area (Å²) < 4.78 is 0. The van der Waals surface area contributed by atoms with E-state index in [1.54, 1.807) is 24.3 Å². The molecule has 6 heteroatoms. The zero-order chi connectivity index (χ0) is 16.8. The van der Waals surface area contributed by atoms with Crippen molar-refractivity contribution in [3.05, 3.63) is 70.2 Å². The van der Waals surface area contributed by atoms with Gasteiger partial charge in [-0.3, -0.25) is 9.59 Å². The molecule has 116 valence electrons. The molecule has 23 heavy (non-hydrogen) atoms. The topological polar surface area (TPSA) is 96.0 Å². The van der Waals surface area contributed by atoms with Crippen LogP contribution in [0.25, 0.3) is 0 Å². The average Bonchev–Trinajstić information content (AvgIpc) is 2.54. The summed E-state index contributed by atoms with van der Waals surface area (Å²) in [5, 5.41) is 11.9. The van der Waals surface area contributed by atoms with Crippen LogP contribution in [0.15, 0.2) is 48.5 Å². The number of hydrogen-bond donors (Lipinski definition) is 2. The van der Waals surface area contributed by atoms with Gasteiger partial charge in [-0.1, -0.05) is 23.7 Å². The Morgan fingerprint density at radius 3 is 2.48 bits per heavy atom. The van der Waals surface area contributed by atoms with Crippen LogP contribution in [-0.2, 0) is 11.2 Å². The van der Waals surface area contributed by atoms with E-state index < -0.39 is 17.9 Å². The Morgan fingerprint density at radius 2 is 1.91 bits per heavy atom. The second kappa shape index (κ2) is 7.43. The molecule has 0 aliphatic heterocycles. The second-order valence-corrected chi connectivity index (χ2v) is 5.39. The number of nitrogens with zero attached hydrogens (tertiary/aromatic N) is 1. The number of nitrogens with one attached hydrogen (secondary N) is 1. The van der Waals surface area contributed by atoms with Gasteiger partial charge in [0.2, 0.25) is 5.91 Å². The highest BCUT2D eigenvalue weighted by atomic mass is 35.5. The third kappa shape index (κ3) is 4.56. The Hall–Kier alpha value is -2.84. The van der Waals surface area contributed by atoms with Gasteiger partial charge in [-0.25, -0.2) is 0 Å². The van der Waals surface area contributed by atoms with Crippen LogP contribution in [0.3, 0.4) is 0 Å². The first-order chi connectivity index (χ1) is 11.0. The Balaban J connectivity index is 2.11. The lowest BCUT2D eigenvalue weighted by atomic mass is 10.0. The van der Waals surface area contributed by atoms with Gasteiger partial charge < -0.3 is 11.1 Å². The van der Waals surface area contributed by atoms with Crippen LogP contribution in [-0.4, -0.2) is 17.9 Å². The Bertz CT molecular complexity index is 766. The molecular formula is C17H14ClN3O2. The maximum Gasteiger partial charge on any atom is 0.251 e. The SMILES string of the molecule is N#Cc1ccc(C(=O)N[C@@H](Cc2cccc(Cl)c2)C(N)=O)cc1. The molecule has 5 nitrogen and oxygen atoms in total. The summed E-state index contributed by atoms with van der Waals surface area (Å²) >= 11 is 5.91. The number of carbonyl (C=O) groups excluding carboxylic acids is 2. The van der Waals surface area contributed by atoms with Gasteiger partial charge >= 0.3 is 0 Å². The van der Waals surface area contributed by atoms with Gasteiger partial charge in [0.15, 0.2) is 0 Å². The molecule has 2 aromatic rings. The predicted octanol–water partition coefficient (Wildman–Crippen LogP) is 2.04. The first-order valence-corrected chi connectivity index (χ1v) is 7.22. The van der Waals surface area contributed by atoms with E-state index in [4.69, 9.17) is 22.6 Å². The molecule has 0 bridgehead atoms. The summed E-state index contributed by atoms with van der Waals surface area (Å²) in [7, 11) is 0. The number of rotatable bonds is 5. The van der Waals surface area contributed by atoms with E-state index >= 15 is 0 Å². The molecule has 0 fully saturated rings. The molecule has 0 aromatic heterocycles. The van der Waals surface area contributed by atoms with E-state index in [0.29, 0.717) is 16.1 Å². The first kappa shape index (κ1) is 16.5. The Morgan fingerprint density at radius 1 is 1.22 bits per heavy atom. The quantitative estimate of drug-likeness (QED) is 0.879. The van der Waals surface area contributed by atoms with Gasteiger partial charge in [-0.2, -0.15) is 5.26 Å². The lowest BCUT2D eigenvalue weighted by Gasteiger charge is -2.16. The third-order valence-corrected chi connectivity index (χ3v) is 3.49. The van der Waals surface area contributed by atoms with E-state index in [1.165, 1.54) is 24.3 Å². The van der Waals surface area contributed by atoms with Crippen LogP contribution in [0, 0.1) is 11.3 Å². The van der Waals surface area contributed by atoms with Crippen LogP contribution in [0.2, 0.25) is 5.02 Å². The van der Waals surface area contributed by atoms with Crippen molar-refractivity contribution >= 4 is 23.4 Å². The molecule has 0 aliphatic rings. The van der Waals surface area contributed by atoms with Crippen molar-refractivity contribution in [1.82, 2.24) is 5.32 Å². The number of primary amides is 1. The second-order valence-electron chi connectivity index (χ2n) is 4.95. The van der Waals surface area contributed by atoms with Crippen LogP contribution in [0.1, 0.15) is 21.5 Å². The molecule has 0 aliphatic carbocycles. The summed E-state index contributed by atoms with van der Waals surface area (Å²) in [6.45, 7) is 0. The van der Waals surface area contributed by atoms with Gasteiger partial charge in [0, 0.05) is 17.0 Å². The molecule has 0 heterocycles. The summed E-state index contributed by atoms with van der Waals surface area (Å²) in [5.74, 6) is -1.06. The molecule has 2 rings (SSSR count). The average molecular weight is 328 g/mol.